The minimum Gasteiger partial charge on any atom is -0.436 e. The molecule has 6 heteroatoms. The van der Waals surface area contributed by atoms with Crippen molar-refractivity contribution >= 4 is 5.95 Å². The molecule has 0 aliphatic rings. The molecule has 2 rings (SSSR count). The molecular weight excluding hydrogens is 249 g/mol. The van der Waals surface area contributed by atoms with Gasteiger partial charge in [-0.1, -0.05) is 18.2 Å². The van der Waals surface area contributed by atoms with E-state index in [-0.39, 0.29) is 12.5 Å². The summed E-state index contributed by atoms with van der Waals surface area (Å²) in [5.74, 6) is -0.174. The molecule has 1 aromatic carbocycles. The number of nitrogens with zero attached hydrogens (tertiary/aromatic N) is 2. The number of benzene rings is 1. The summed E-state index contributed by atoms with van der Waals surface area (Å²) in [4.78, 5) is 7.72. The third-order valence-corrected chi connectivity index (χ3v) is 2.40. The first kappa shape index (κ1) is 13.2. The Labute approximate surface area is 110 Å². The summed E-state index contributed by atoms with van der Waals surface area (Å²) >= 11 is 0. The fourth-order valence-corrected chi connectivity index (χ4v) is 1.50. The minimum atomic E-state index is -0.658. The number of nitrogens with one attached hydrogen (secondary N) is 1. The van der Waals surface area contributed by atoms with E-state index in [4.69, 9.17) is 4.74 Å². The van der Waals surface area contributed by atoms with Gasteiger partial charge in [-0.2, -0.15) is 9.37 Å². The van der Waals surface area contributed by atoms with E-state index in [9.17, 15) is 9.50 Å². The van der Waals surface area contributed by atoms with Crippen molar-refractivity contribution in [2.75, 3.05) is 11.9 Å². The first-order valence-corrected chi connectivity index (χ1v) is 5.87. The highest BCUT2D eigenvalue weighted by atomic mass is 19.1. The van der Waals surface area contributed by atoms with Gasteiger partial charge in [0.15, 0.2) is 0 Å². The van der Waals surface area contributed by atoms with E-state index < -0.39 is 5.82 Å². The van der Waals surface area contributed by atoms with Crippen LogP contribution < -0.4 is 10.1 Å². The van der Waals surface area contributed by atoms with Crippen molar-refractivity contribution in [1.82, 2.24) is 9.97 Å². The maximum Gasteiger partial charge on any atom is 0.260 e. The minimum absolute atomic E-state index is 0.174. The molecule has 0 fully saturated rings. The SMILES string of the molecule is CCNc1ncc(F)c(Oc2ccccc2CO)n1. The van der Waals surface area contributed by atoms with Crippen molar-refractivity contribution in [3.8, 4) is 11.6 Å². The van der Waals surface area contributed by atoms with E-state index in [2.05, 4.69) is 15.3 Å². The molecule has 0 saturated heterocycles. The summed E-state index contributed by atoms with van der Waals surface area (Å²) in [6.07, 6.45) is 1.04. The van der Waals surface area contributed by atoms with Gasteiger partial charge in [0.1, 0.15) is 5.75 Å². The maximum atomic E-state index is 13.6. The Morgan fingerprint density at radius 1 is 1.37 bits per heavy atom. The van der Waals surface area contributed by atoms with Crippen LogP contribution in [0.15, 0.2) is 30.5 Å². The van der Waals surface area contributed by atoms with Crippen LogP contribution in [-0.2, 0) is 6.61 Å². The molecule has 0 aliphatic carbocycles. The molecule has 0 atom stereocenters. The van der Waals surface area contributed by atoms with Crippen LogP contribution in [0.5, 0.6) is 11.6 Å². The Morgan fingerprint density at radius 3 is 2.89 bits per heavy atom. The van der Waals surface area contributed by atoms with Crippen molar-refractivity contribution in [3.05, 3.63) is 41.8 Å². The first-order valence-electron chi connectivity index (χ1n) is 5.87. The Hall–Kier alpha value is -2.21. The van der Waals surface area contributed by atoms with Gasteiger partial charge < -0.3 is 15.2 Å². The van der Waals surface area contributed by atoms with E-state index in [1.165, 1.54) is 0 Å². The smallest absolute Gasteiger partial charge is 0.260 e. The quantitative estimate of drug-likeness (QED) is 0.866. The summed E-state index contributed by atoms with van der Waals surface area (Å²) in [6.45, 7) is 2.32. The average Bonchev–Trinajstić information content (AvgIpc) is 2.43. The Balaban J connectivity index is 2.29. The zero-order chi connectivity index (χ0) is 13.7. The van der Waals surface area contributed by atoms with Crippen LogP contribution in [0.1, 0.15) is 12.5 Å². The number of aromatic nitrogens is 2. The molecule has 19 heavy (non-hydrogen) atoms. The van der Waals surface area contributed by atoms with Crippen molar-refractivity contribution in [3.63, 3.8) is 0 Å². The highest BCUT2D eigenvalue weighted by Crippen LogP contribution is 2.26. The number of halogens is 1. The van der Waals surface area contributed by atoms with Gasteiger partial charge in [-0.15, -0.1) is 0 Å². The highest BCUT2D eigenvalue weighted by molar-refractivity contribution is 5.37. The van der Waals surface area contributed by atoms with Gasteiger partial charge in [-0.3, -0.25) is 0 Å². The van der Waals surface area contributed by atoms with E-state index >= 15 is 0 Å². The molecular formula is C13H14FN3O2. The molecule has 2 N–H and O–H groups in total. The molecule has 0 amide bonds. The second-order valence-corrected chi connectivity index (χ2v) is 3.74. The van der Waals surface area contributed by atoms with Crippen molar-refractivity contribution in [1.29, 1.82) is 0 Å². The van der Waals surface area contributed by atoms with Gasteiger partial charge in [0.05, 0.1) is 12.8 Å². The Kier molecular flexibility index (Phi) is 4.25. The van der Waals surface area contributed by atoms with Gasteiger partial charge in [-0.25, -0.2) is 4.98 Å². The van der Waals surface area contributed by atoms with Crippen LogP contribution in [0.4, 0.5) is 10.3 Å². The number of para-hydroxylation sites is 1. The van der Waals surface area contributed by atoms with Gasteiger partial charge in [0, 0.05) is 12.1 Å². The molecule has 5 nitrogen and oxygen atoms in total. The number of hydrogen-bond acceptors (Lipinski definition) is 5. The summed E-state index contributed by atoms with van der Waals surface area (Å²) in [6, 6.07) is 6.83. The predicted octanol–water partition coefficient (Wildman–Crippen LogP) is 2.33. The average molecular weight is 263 g/mol. The lowest BCUT2D eigenvalue weighted by Crippen LogP contribution is -2.04. The summed E-state index contributed by atoms with van der Waals surface area (Å²) in [7, 11) is 0. The third kappa shape index (κ3) is 3.17. The van der Waals surface area contributed by atoms with Crippen LogP contribution in [0.2, 0.25) is 0 Å². The molecule has 1 aromatic heterocycles. The molecule has 0 radical (unpaired) electrons. The number of anilines is 1. The lowest BCUT2D eigenvalue weighted by molar-refractivity contribution is 0.275. The summed E-state index contributed by atoms with van der Waals surface area (Å²) in [5, 5.41) is 12.1. The maximum absolute atomic E-state index is 13.6. The van der Waals surface area contributed by atoms with Gasteiger partial charge >= 0.3 is 0 Å². The Bertz CT molecular complexity index is 563. The fraction of sp³-hybridized carbons (Fsp3) is 0.231. The Morgan fingerprint density at radius 2 is 2.16 bits per heavy atom. The van der Waals surface area contributed by atoms with Crippen molar-refractivity contribution in [2.45, 2.75) is 13.5 Å². The lowest BCUT2D eigenvalue weighted by atomic mass is 10.2. The first-order chi connectivity index (χ1) is 9.24. The fourth-order valence-electron chi connectivity index (χ4n) is 1.50. The molecule has 0 spiro atoms. The molecule has 1 heterocycles. The molecule has 0 bridgehead atoms. The molecule has 2 aromatic rings. The van der Waals surface area contributed by atoms with E-state index in [0.717, 1.165) is 6.20 Å². The van der Waals surface area contributed by atoms with E-state index in [1.807, 2.05) is 6.92 Å². The zero-order valence-corrected chi connectivity index (χ0v) is 10.4. The zero-order valence-electron chi connectivity index (χ0n) is 10.4. The van der Waals surface area contributed by atoms with Crippen molar-refractivity contribution in [2.24, 2.45) is 0 Å². The van der Waals surface area contributed by atoms with Crippen LogP contribution >= 0.6 is 0 Å². The molecule has 0 unspecified atom stereocenters. The molecule has 0 aliphatic heterocycles. The van der Waals surface area contributed by atoms with Crippen LogP contribution in [0.3, 0.4) is 0 Å². The number of rotatable bonds is 5. The second-order valence-electron chi connectivity index (χ2n) is 3.74. The normalized spacial score (nSPS) is 10.3. The lowest BCUT2D eigenvalue weighted by Gasteiger charge is -2.10. The van der Waals surface area contributed by atoms with Crippen molar-refractivity contribution < 1.29 is 14.2 Å². The third-order valence-electron chi connectivity index (χ3n) is 2.40. The number of aliphatic hydroxyl groups is 1. The van der Waals surface area contributed by atoms with Gasteiger partial charge in [0.25, 0.3) is 5.88 Å². The number of ether oxygens (including phenoxy) is 1. The number of hydrogen-bond donors (Lipinski definition) is 2. The second kappa shape index (κ2) is 6.10. The summed E-state index contributed by atoms with van der Waals surface area (Å²) < 4.78 is 19.0. The molecule has 100 valence electrons. The summed E-state index contributed by atoms with van der Waals surface area (Å²) in [5.41, 5.74) is 0.561. The molecule has 0 saturated carbocycles. The largest absolute Gasteiger partial charge is 0.436 e. The van der Waals surface area contributed by atoms with Crippen LogP contribution in [0, 0.1) is 5.82 Å². The topological polar surface area (TPSA) is 67.3 Å². The van der Waals surface area contributed by atoms with Crippen LogP contribution in [-0.4, -0.2) is 21.6 Å². The van der Waals surface area contributed by atoms with E-state index in [0.29, 0.717) is 23.8 Å². The standard InChI is InChI=1S/C13H14FN3O2/c1-2-15-13-16-7-10(14)12(17-13)19-11-6-4-3-5-9(11)8-18/h3-7,18H,2,8H2,1H3,(H,15,16,17). The van der Waals surface area contributed by atoms with Gasteiger partial charge in [-0.05, 0) is 13.0 Å². The van der Waals surface area contributed by atoms with E-state index in [1.54, 1.807) is 24.3 Å². The monoisotopic (exact) mass is 263 g/mol. The van der Waals surface area contributed by atoms with Gasteiger partial charge in [0.2, 0.25) is 11.8 Å². The predicted molar refractivity (Wildman–Crippen MR) is 68.6 cm³/mol. The highest BCUT2D eigenvalue weighted by Gasteiger charge is 2.11. The van der Waals surface area contributed by atoms with Crippen LogP contribution in [0.25, 0.3) is 0 Å². The number of aliphatic hydroxyl groups excluding tert-OH is 1.